The SMILES string of the molecule is COc1ccccc1-c1c(-c2csc(I)c2)nn(C)c1N. The summed E-state index contributed by atoms with van der Waals surface area (Å²) in [6, 6.07) is 9.98. The number of ether oxygens (including phenoxy) is 1. The van der Waals surface area contributed by atoms with Crippen LogP contribution in [-0.2, 0) is 7.05 Å². The lowest BCUT2D eigenvalue weighted by atomic mass is 10.0. The molecule has 0 fully saturated rings. The Bertz CT molecular complexity index is 794. The van der Waals surface area contributed by atoms with Crippen LogP contribution in [0.3, 0.4) is 0 Å². The van der Waals surface area contributed by atoms with Crippen LogP contribution in [0, 0.1) is 2.88 Å². The molecule has 21 heavy (non-hydrogen) atoms. The van der Waals surface area contributed by atoms with Crippen LogP contribution >= 0.6 is 33.9 Å². The molecule has 0 aliphatic rings. The van der Waals surface area contributed by atoms with Crippen LogP contribution in [0.15, 0.2) is 35.7 Å². The maximum absolute atomic E-state index is 6.25. The molecular formula is C15H14IN3OS. The van der Waals surface area contributed by atoms with Gasteiger partial charge in [0, 0.05) is 23.6 Å². The lowest BCUT2D eigenvalue weighted by Crippen LogP contribution is -1.98. The monoisotopic (exact) mass is 411 g/mol. The van der Waals surface area contributed by atoms with Crippen molar-refractivity contribution in [3.63, 3.8) is 0 Å². The molecule has 2 aromatic heterocycles. The van der Waals surface area contributed by atoms with Gasteiger partial charge < -0.3 is 10.5 Å². The predicted molar refractivity (Wildman–Crippen MR) is 95.6 cm³/mol. The van der Waals surface area contributed by atoms with Gasteiger partial charge in [-0.25, -0.2) is 0 Å². The minimum Gasteiger partial charge on any atom is -0.496 e. The molecule has 0 aliphatic heterocycles. The topological polar surface area (TPSA) is 53.1 Å². The van der Waals surface area contributed by atoms with Gasteiger partial charge in [-0.3, -0.25) is 4.68 Å². The van der Waals surface area contributed by atoms with E-state index in [4.69, 9.17) is 10.5 Å². The van der Waals surface area contributed by atoms with E-state index in [-0.39, 0.29) is 0 Å². The zero-order valence-electron chi connectivity index (χ0n) is 11.6. The highest BCUT2D eigenvalue weighted by Gasteiger charge is 2.20. The Labute approximate surface area is 140 Å². The number of halogens is 1. The number of hydrogen-bond acceptors (Lipinski definition) is 4. The standard InChI is InChI=1S/C15H14IN3OS/c1-19-15(17)13(10-5-3-4-6-11(10)20-2)14(18-19)9-7-12(16)21-8-9/h3-8H,17H2,1-2H3. The quantitative estimate of drug-likeness (QED) is 0.663. The van der Waals surface area contributed by atoms with Crippen molar-refractivity contribution in [3.8, 4) is 28.1 Å². The third-order valence-electron chi connectivity index (χ3n) is 3.31. The number of nitrogens with two attached hydrogens (primary N) is 1. The van der Waals surface area contributed by atoms with Crippen molar-refractivity contribution in [1.82, 2.24) is 9.78 Å². The molecule has 0 amide bonds. The molecule has 0 saturated carbocycles. The van der Waals surface area contributed by atoms with Gasteiger partial charge in [0.2, 0.25) is 0 Å². The molecule has 0 spiro atoms. The third kappa shape index (κ3) is 2.53. The van der Waals surface area contributed by atoms with Gasteiger partial charge in [-0.15, -0.1) is 11.3 Å². The van der Waals surface area contributed by atoms with Gasteiger partial charge in [0.1, 0.15) is 17.3 Å². The van der Waals surface area contributed by atoms with E-state index in [2.05, 4.69) is 39.1 Å². The Hall–Kier alpha value is -1.54. The van der Waals surface area contributed by atoms with E-state index in [9.17, 15) is 0 Å². The summed E-state index contributed by atoms with van der Waals surface area (Å²) in [4.78, 5) is 0. The van der Waals surface area contributed by atoms with Crippen molar-refractivity contribution < 1.29 is 4.74 Å². The first-order valence-electron chi connectivity index (χ1n) is 6.32. The van der Waals surface area contributed by atoms with Gasteiger partial charge in [0.25, 0.3) is 0 Å². The molecule has 0 radical (unpaired) electrons. The van der Waals surface area contributed by atoms with Gasteiger partial charge in [0.15, 0.2) is 0 Å². The van der Waals surface area contributed by atoms with Gasteiger partial charge in [0.05, 0.1) is 15.6 Å². The number of anilines is 1. The summed E-state index contributed by atoms with van der Waals surface area (Å²) in [7, 11) is 3.52. The Morgan fingerprint density at radius 1 is 1.33 bits per heavy atom. The summed E-state index contributed by atoms with van der Waals surface area (Å²) in [6.45, 7) is 0. The minimum absolute atomic E-state index is 0.635. The maximum Gasteiger partial charge on any atom is 0.130 e. The molecule has 2 heterocycles. The smallest absolute Gasteiger partial charge is 0.130 e. The molecule has 108 valence electrons. The zero-order chi connectivity index (χ0) is 15.0. The molecule has 2 N–H and O–H groups in total. The summed E-state index contributed by atoms with van der Waals surface area (Å²) in [6.07, 6.45) is 0. The molecule has 4 nitrogen and oxygen atoms in total. The summed E-state index contributed by atoms with van der Waals surface area (Å²) in [5.74, 6) is 1.43. The highest BCUT2D eigenvalue weighted by molar-refractivity contribution is 14.1. The van der Waals surface area contributed by atoms with Crippen molar-refractivity contribution in [1.29, 1.82) is 0 Å². The summed E-state index contributed by atoms with van der Waals surface area (Å²) >= 11 is 4.00. The molecule has 1 aromatic carbocycles. The van der Waals surface area contributed by atoms with Crippen LogP contribution in [-0.4, -0.2) is 16.9 Å². The molecule has 0 unspecified atom stereocenters. The molecule has 0 aliphatic carbocycles. The lowest BCUT2D eigenvalue weighted by Gasteiger charge is -2.09. The average Bonchev–Trinajstić information content (AvgIpc) is 3.04. The number of aryl methyl sites for hydroxylation is 1. The van der Waals surface area contributed by atoms with Crippen molar-refractivity contribution in [2.24, 2.45) is 7.05 Å². The first-order valence-corrected chi connectivity index (χ1v) is 8.28. The van der Waals surface area contributed by atoms with E-state index < -0.39 is 0 Å². The second kappa shape index (κ2) is 5.69. The van der Waals surface area contributed by atoms with Crippen LogP contribution in [0.2, 0.25) is 0 Å². The maximum atomic E-state index is 6.25. The number of benzene rings is 1. The van der Waals surface area contributed by atoms with Crippen LogP contribution in [0.1, 0.15) is 0 Å². The van der Waals surface area contributed by atoms with Crippen LogP contribution < -0.4 is 10.5 Å². The number of para-hydroxylation sites is 1. The largest absolute Gasteiger partial charge is 0.496 e. The van der Waals surface area contributed by atoms with Gasteiger partial charge >= 0.3 is 0 Å². The average molecular weight is 411 g/mol. The molecule has 3 rings (SSSR count). The Balaban J connectivity index is 2.27. The normalized spacial score (nSPS) is 10.8. The fraction of sp³-hybridized carbons (Fsp3) is 0.133. The van der Waals surface area contributed by atoms with E-state index in [1.807, 2.05) is 31.3 Å². The van der Waals surface area contributed by atoms with E-state index >= 15 is 0 Å². The first-order chi connectivity index (χ1) is 10.1. The second-order valence-electron chi connectivity index (χ2n) is 4.57. The molecule has 6 heteroatoms. The molecule has 0 bridgehead atoms. The number of nitrogens with zero attached hydrogens (tertiary/aromatic N) is 2. The van der Waals surface area contributed by atoms with Crippen molar-refractivity contribution >= 4 is 39.7 Å². The van der Waals surface area contributed by atoms with Gasteiger partial charge in [-0.2, -0.15) is 5.10 Å². The number of nitrogen functional groups attached to an aromatic ring is 1. The van der Waals surface area contributed by atoms with E-state index in [1.54, 1.807) is 23.1 Å². The van der Waals surface area contributed by atoms with Gasteiger partial charge in [-0.1, -0.05) is 18.2 Å². The molecular weight excluding hydrogens is 397 g/mol. The Morgan fingerprint density at radius 3 is 2.76 bits per heavy atom. The fourth-order valence-electron chi connectivity index (χ4n) is 2.29. The summed E-state index contributed by atoms with van der Waals surface area (Å²) < 4.78 is 8.40. The Morgan fingerprint density at radius 2 is 2.10 bits per heavy atom. The predicted octanol–water partition coefficient (Wildman–Crippen LogP) is 4.01. The fourth-order valence-corrected chi connectivity index (χ4v) is 3.62. The van der Waals surface area contributed by atoms with E-state index in [0.717, 1.165) is 28.1 Å². The van der Waals surface area contributed by atoms with Crippen molar-refractivity contribution in [2.45, 2.75) is 0 Å². The number of aromatic nitrogens is 2. The molecule has 0 atom stereocenters. The minimum atomic E-state index is 0.635. The first kappa shape index (κ1) is 14.4. The van der Waals surface area contributed by atoms with E-state index in [1.165, 1.54) is 2.88 Å². The van der Waals surface area contributed by atoms with Crippen LogP contribution in [0.5, 0.6) is 5.75 Å². The highest BCUT2D eigenvalue weighted by atomic mass is 127. The number of rotatable bonds is 3. The molecule has 0 saturated heterocycles. The summed E-state index contributed by atoms with van der Waals surface area (Å²) in [5.41, 5.74) is 10.1. The number of thiophene rings is 1. The second-order valence-corrected chi connectivity index (χ2v) is 7.38. The number of hydrogen-bond donors (Lipinski definition) is 1. The lowest BCUT2D eigenvalue weighted by molar-refractivity contribution is 0.416. The van der Waals surface area contributed by atoms with Crippen molar-refractivity contribution in [2.75, 3.05) is 12.8 Å². The van der Waals surface area contributed by atoms with E-state index in [0.29, 0.717) is 5.82 Å². The molecule has 3 aromatic rings. The third-order valence-corrected chi connectivity index (χ3v) is 5.10. The Kier molecular flexibility index (Phi) is 3.90. The van der Waals surface area contributed by atoms with Gasteiger partial charge in [-0.05, 0) is 34.7 Å². The van der Waals surface area contributed by atoms with Crippen LogP contribution in [0.4, 0.5) is 5.82 Å². The number of methoxy groups -OCH3 is 1. The van der Waals surface area contributed by atoms with Crippen molar-refractivity contribution in [3.05, 3.63) is 38.6 Å². The summed E-state index contributed by atoms with van der Waals surface area (Å²) in [5, 5.41) is 6.68. The zero-order valence-corrected chi connectivity index (χ0v) is 14.6. The highest BCUT2D eigenvalue weighted by Crippen LogP contribution is 2.41. The van der Waals surface area contributed by atoms with Crippen LogP contribution in [0.25, 0.3) is 22.4 Å².